The molecule has 3 amide bonds. The predicted octanol–water partition coefficient (Wildman–Crippen LogP) is 5.99. The second-order valence-electron chi connectivity index (χ2n) is 11.3. The van der Waals surface area contributed by atoms with Crippen LogP contribution in [-0.2, 0) is 33.8 Å². The van der Waals surface area contributed by atoms with E-state index in [-0.39, 0.29) is 30.5 Å². The summed E-state index contributed by atoms with van der Waals surface area (Å²) in [4.78, 5) is 48.1. The fourth-order valence-electron chi connectivity index (χ4n) is 6.04. The Morgan fingerprint density at radius 1 is 1.00 bits per heavy atom. The molecule has 1 fully saturated rings. The molecule has 6 rings (SSSR count). The van der Waals surface area contributed by atoms with Crippen molar-refractivity contribution < 1.29 is 14.4 Å². The average molecular weight is 601 g/mol. The fraction of sp³-hybridized carbons (Fsp3) is 0.250. The number of anilines is 1. The number of rotatable bonds is 8. The van der Waals surface area contributed by atoms with E-state index in [1.165, 1.54) is 27.1 Å². The number of benzene rings is 3. The first kappa shape index (κ1) is 29.3. The maximum Gasteiger partial charge on any atom is 0.257 e. The van der Waals surface area contributed by atoms with Crippen LogP contribution in [0.4, 0.5) is 5.69 Å². The first-order valence-corrected chi connectivity index (χ1v) is 15.8. The third-order valence-corrected chi connectivity index (χ3v) is 9.36. The third-order valence-electron chi connectivity index (χ3n) is 8.38. The summed E-state index contributed by atoms with van der Waals surface area (Å²) in [5.41, 5.74) is 6.17. The zero-order chi connectivity index (χ0) is 30.6. The number of carbonyl (C=O) groups excluding carboxylic acids is 3. The Morgan fingerprint density at radius 3 is 2.41 bits per heavy atom. The van der Waals surface area contributed by atoms with E-state index in [2.05, 4.69) is 30.3 Å². The molecule has 4 aromatic rings. The summed E-state index contributed by atoms with van der Waals surface area (Å²) in [5.74, 6) is -0.661. The molecule has 1 saturated heterocycles. The molecule has 2 atom stereocenters. The maximum absolute atomic E-state index is 13.8. The summed E-state index contributed by atoms with van der Waals surface area (Å²) < 4.78 is 0. The number of hydrogen-bond donors (Lipinski definition) is 0. The lowest BCUT2D eigenvalue weighted by molar-refractivity contribution is -0.136. The summed E-state index contributed by atoms with van der Waals surface area (Å²) in [5, 5.41) is 10.5. The number of nitrogens with zero attached hydrogens (tertiary/aromatic N) is 4. The van der Waals surface area contributed by atoms with Crippen molar-refractivity contribution in [3.63, 3.8) is 0 Å². The minimum Gasteiger partial charge on any atom is -0.325 e. The molecular weight excluding hydrogens is 568 g/mol. The van der Waals surface area contributed by atoms with Crippen LogP contribution in [0.15, 0.2) is 96.0 Å². The Labute approximate surface area is 261 Å². The number of amides is 3. The van der Waals surface area contributed by atoms with Gasteiger partial charge in [-0.2, -0.15) is 5.26 Å². The standard InChI is InChI=1S/C36H32N4O3S/c1-24-12-15-30(16-13-24)40-33(41)20-32(36(40)43)39(22-25-8-4-2-5-9-25)34(42)23-44-35-29(21-37)19-28-18-27(14-17-31(28)38-35)26-10-6-3-7-11-26/h2-13,15-16,19,27,32H,14,17-18,20,22-23H2,1H3. The highest BCUT2D eigenvalue weighted by Gasteiger charge is 2.44. The summed E-state index contributed by atoms with van der Waals surface area (Å²) in [7, 11) is 0. The molecule has 2 aliphatic rings. The fourth-order valence-corrected chi connectivity index (χ4v) is 6.90. The number of hydrogen-bond acceptors (Lipinski definition) is 6. The largest absolute Gasteiger partial charge is 0.325 e. The Kier molecular flexibility index (Phi) is 8.58. The van der Waals surface area contributed by atoms with Crippen LogP contribution >= 0.6 is 11.8 Å². The van der Waals surface area contributed by atoms with Gasteiger partial charge >= 0.3 is 0 Å². The number of carbonyl (C=O) groups is 3. The topological polar surface area (TPSA) is 94.4 Å². The van der Waals surface area contributed by atoms with Crippen molar-refractivity contribution in [1.82, 2.24) is 9.88 Å². The molecule has 1 aliphatic carbocycles. The molecule has 2 heterocycles. The second kappa shape index (κ2) is 12.9. The van der Waals surface area contributed by atoms with Crippen LogP contribution in [0.5, 0.6) is 0 Å². The van der Waals surface area contributed by atoms with Gasteiger partial charge in [0, 0.05) is 12.2 Å². The Morgan fingerprint density at radius 2 is 1.70 bits per heavy atom. The zero-order valence-corrected chi connectivity index (χ0v) is 25.3. The lowest BCUT2D eigenvalue weighted by atomic mass is 9.82. The highest BCUT2D eigenvalue weighted by Crippen LogP contribution is 2.35. The van der Waals surface area contributed by atoms with Crippen LogP contribution < -0.4 is 4.90 Å². The van der Waals surface area contributed by atoms with Gasteiger partial charge in [0.05, 0.1) is 23.4 Å². The van der Waals surface area contributed by atoms with Crippen molar-refractivity contribution in [3.8, 4) is 6.07 Å². The average Bonchev–Trinajstić information content (AvgIpc) is 3.35. The van der Waals surface area contributed by atoms with Gasteiger partial charge in [-0.05, 0) is 67.0 Å². The molecule has 0 spiro atoms. The molecule has 44 heavy (non-hydrogen) atoms. The minimum absolute atomic E-state index is 0.0115. The molecule has 1 aliphatic heterocycles. The van der Waals surface area contributed by atoms with E-state index in [9.17, 15) is 19.6 Å². The maximum atomic E-state index is 13.8. The number of nitriles is 1. The van der Waals surface area contributed by atoms with Crippen LogP contribution in [0.25, 0.3) is 0 Å². The summed E-state index contributed by atoms with van der Waals surface area (Å²) in [6.07, 6.45) is 2.51. The van der Waals surface area contributed by atoms with Gasteiger partial charge in [-0.15, -0.1) is 0 Å². The number of pyridine rings is 1. The number of aryl methyl sites for hydroxylation is 2. The van der Waals surface area contributed by atoms with Gasteiger partial charge in [0.15, 0.2) is 0 Å². The Balaban J connectivity index is 1.21. The summed E-state index contributed by atoms with van der Waals surface area (Å²) >= 11 is 1.21. The van der Waals surface area contributed by atoms with Crippen molar-refractivity contribution in [2.45, 2.75) is 56.1 Å². The van der Waals surface area contributed by atoms with Gasteiger partial charge in [-0.25, -0.2) is 9.88 Å². The van der Waals surface area contributed by atoms with E-state index in [1.807, 2.05) is 61.5 Å². The SMILES string of the molecule is Cc1ccc(N2C(=O)CC(N(Cc3ccccc3)C(=O)CSc3nc4c(cc3C#N)CC(c3ccccc3)CC4)C2=O)cc1. The predicted molar refractivity (Wildman–Crippen MR) is 170 cm³/mol. The quantitative estimate of drug-likeness (QED) is 0.182. The van der Waals surface area contributed by atoms with Gasteiger partial charge in [0.2, 0.25) is 11.8 Å². The molecular formula is C36H32N4O3S. The van der Waals surface area contributed by atoms with E-state index in [0.717, 1.165) is 41.6 Å². The monoisotopic (exact) mass is 600 g/mol. The minimum atomic E-state index is -0.918. The van der Waals surface area contributed by atoms with Crippen LogP contribution in [0.1, 0.15) is 52.3 Å². The summed E-state index contributed by atoms with van der Waals surface area (Å²) in [6, 6.07) is 30.3. The van der Waals surface area contributed by atoms with Crippen molar-refractivity contribution in [2.24, 2.45) is 0 Å². The van der Waals surface area contributed by atoms with Gasteiger partial charge in [0.25, 0.3) is 5.91 Å². The normalized spacial score (nSPS) is 17.7. The Bertz CT molecular complexity index is 1740. The molecule has 220 valence electrons. The third kappa shape index (κ3) is 6.15. The lowest BCUT2D eigenvalue weighted by Gasteiger charge is -2.28. The number of imide groups is 1. The lowest BCUT2D eigenvalue weighted by Crippen LogP contribution is -2.45. The van der Waals surface area contributed by atoms with E-state index in [1.54, 1.807) is 12.1 Å². The highest BCUT2D eigenvalue weighted by atomic mass is 32.2. The van der Waals surface area contributed by atoms with Crippen LogP contribution in [0, 0.1) is 18.3 Å². The Hall–Kier alpha value is -4.74. The van der Waals surface area contributed by atoms with E-state index >= 15 is 0 Å². The molecule has 1 aromatic heterocycles. The van der Waals surface area contributed by atoms with Crippen LogP contribution in [-0.4, -0.2) is 39.4 Å². The molecule has 2 unspecified atom stereocenters. The molecule has 8 heteroatoms. The number of thioether (sulfide) groups is 1. The van der Waals surface area contributed by atoms with Gasteiger partial charge in [-0.3, -0.25) is 14.4 Å². The molecule has 3 aromatic carbocycles. The second-order valence-corrected chi connectivity index (χ2v) is 12.3. The van der Waals surface area contributed by atoms with Gasteiger partial charge in [-0.1, -0.05) is 90.1 Å². The first-order valence-electron chi connectivity index (χ1n) is 14.8. The van der Waals surface area contributed by atoms with Crippen molar-refractivity contribution in [3.05, 3.63) is 125 Å². The molecule has 0 radical (unpaired) electrons. The molecule has 0 bridgehead atoms. The molecule has 7 nitrogen and oxygen atoms in total. The van der Waals surface area contributed by atoms with Crippen molar-refractivity contribution in [1.29, 1.82) is 5.26 Å². The molecule has 0 N–H and O–H groups in total. The van der Waals surface area contributed by atoms with E-state index in [4.69, 9.17) is 4.98 Å². The van der Waals surface area contributed by atoms with Crippen LogP contribution in [0.3, 0.4) is 0 Å². The van der Waals surface area contributed by atoms with Crippen molar-refractivity contribution >= 4 is 35.2 Å². The smallest absolute Gasteiger partial charge is 0.257 e. The number of aromatic nitrogens is 1. The van der Waals surface area contributed by atoms with Gasteiger partial charge in [0.1, 0.15) is 17.1 Å². The zero-order valence-electron chi connectivity index (χ0n) is 24.5. The highest BCUT2D eigenvalue weighted by molar-refractivity contribution is 8.00. The number of fused-ring (bicyclic) bond motifs is 1. The van der Waals surface area contributed by atoms with Gasteiger partial charge < -0.3 is 4.90 Å². The van der Waals surface area contributed by atoms with E-state index in [0.29, 0.717) is 22.2 Å². The molecule has 0 saturated carbocycles. The first-order chi connectivity index (χ1) is 21.4. The van der Waals surface area contributed by atoms with E-state index < -0.39 is 11.9 Å². The summed E-state index contributed by atoms with van der Waals surface area (Å²) in [6.45, 7) is 2.13. The van der Waals surface area contributed by atoms with Crippen molar-refractivity contribution in [2.75, 3.05) is 10.7 Å². The van der Waals surface area contributed by atoms with Crippen LogP contribution in [0.2, 0.25) is 0 Å².